The number of carbonyl (C=O) groups excluding carboxylic acids is 1. The second kappa shape index (κ2) is 7.41. The normalized spacial score (nSPS) is 15.1. The van der Waals surface area contributed by atoms with Crippen molar-refractivity contribution in [3.8, 4) is 5.75 Å². The molecule has 0 aromatic heterocycles. The van der Waals surface area contributed by atoms with Crippen molar-refractivity contribution in [2.75, 3.05) is 13.7 Å². The monoisotopic (exact) mass is 298 g/mol. The topological polar surface area (TPSA) is 55.8 Å². The molecule has 118 valence electrons. The Bertz CT molecular complexity index is 485. The van der Waals surface area contributed by atoms with Crippen LogP contribution < -0.4 is 4.74 Å². The number of carbonyl (C=O) groups is 1. The van der Waals surface area contributed by atoms with Crippen molar-refractivity contribution < 1.29 is 23.8 Å². The van der Waals surface area contributed by atoms with Crippen molar-refractivity contribution >= 4 is 5.97 Å². The maximum Gasteiger partial charge on any atom is 0.312 e. The maximum absolute atomic E-state index is 13.8. The average molecular weight is 298 g/mol. The molecule has 1 N–H and O–H groups in total. The first-order valence-electron chi connectivity index (χ1n) is 7.11. The Morgan fingerprint density at radius 1 is 1.43 bits per heavy atom. The van der Waals surface area contributed by atoms with Crippen LogP contribution in [0, 0.1) is 11.7 Å². The number of methoxy groups -OCH3 is 1. The molecule has 0 aliphatic carbocycles. The lowest BCUT2D eigenvalue weighted by molar-refractivity contribution is -0.158. The average Bonchev–Trinajstić information content (AvgIpc) is 2.44. The fraction of sp³-hybridized carbons (Fsp3) is 0.562. The Kier molecular flexibility index (Phi) is 6.15. The summed E-state index contributed by atoms with van der Waals surface area (Å²) in [6, 6.07) is 4.19. The third kappa shape index (κ3) is 3.94. The number of esters is 1. The van der Waals surface area contributed by atoms with E-state index in [1.54, 1.807) is 13.0 Å². The molecule has 0 aliphatic rings. The number of benzene rings is 1. The molecule has 0 amide bonds. The summed E-state index contributed by atoms with van der Waals surface area (Å²) in [6.45, 7) is 5.37. The van der Waals surface area contributed by atoms with Crippen molar-refractivity contribution in [1.29, 1.82) is 0 Å². The van der Waals surface area contributed by atoms with E-state index in [0.29, 0.717) is 18.4 Å². The molecule has 1 aromatic carbocycles. The molecule has 0 aliphatic heterocycles. The van der Waals surface area contributed by atoms with Gasteiger partial charge in [-0.1, -0.05) is 19.4 Å². The molecule has 5 heteroatoms. The zero-order valence-electron chi connectivity index (χ0n) is 13.0. The molecule has 0 heterocycles. The van der Waals surface area contributed by atoms with Gasteiger partial charge in [-0.25, -0.2) is 4.39 Å². The van der Waals surface area contributed by atoms with E-state index >= 15 is 0 Å². The Balaban J connectivity index is 3.15. The molecule has 0 saturated carbocycles. The SMILES string of the molecule is CCCC(C(=O)OCC)C(C)(O)c1ccc(OC)c(F)c1. The lowest BCUT2D eigenvalue weighted by Gasteiger charge is -2.31. The maximum atomic E-state index is 13.8. The van der Waals surface area contributed by atoms with Crippen molar-refractivity contribution in [3.05, 3.63) is 29.6 Å². The summed E-state index contributed by atoms with van der Waals surface area (Å²) in [5, 5.41) is 10.8. The molecular weight excluding hydrogens is 275 g/mol. The van der Waals surface area contributed by atoms with E-state index in [4.69, 9.17) is 9.47 Å². The first-order valence-corrected chi connectivity index (χ1v) is 7.11. The number of ether oxygens (including phenoxy) is 2. The van der Waals surface area contributed by atoms with Crippen LogP contribution in [0.4, 0.5) is 4.39 Å². The summed E-state index contributed by atoms with van der Waals surface area (Å²) in [5.74, 6) is -1.69. The van der Waals surface area contributed by atoms with Crippen molar-refractivity contribution in [2.45, 2.75) is 39.2 Å². The molecule has 2 unspecified atom stereocenters. The molecular formula is C16H23FO4. The van der Waals surface area contributed by atoms with Crippen LogP contribution in [0.5, 0.6) is 5.75 Å². The molecule has 21 heavy (non-hydrogen) atoms. The second-order valence-corrected chi connectivity index (χ2v) is 5.09. The van der Waals surface area contributed by atoms with Gasteiger partial charge in [-0.15, -0.1) is 0 Å². The van der Waals surface area contributed by atoms with Gasteiger partial charge < -0.3 is 14.6 Å². The lowest BCUT2D eigenvalue weighted by Crippen LogP contribution is -2.38. The Morgan fingerprint density at radius 2 is 2.10 bits per heavy atom. The highest BCUT2D eigenvalue weighted by Crippen LogP contribution is 2.35. The van der Waals surface area contributed by atoms with Gasteiger partial charge >= 0.3 is 5.97 Å². The third-order valence-corrected chi connectivity index (χ3v) is 3.56. The molecule has 0 fully saturated rings. The number of aliphatic hydroxyl groups is 1. The van der Waals surface area contributed by atoms with Gasteiger partial charge in [0.25, 0.3) is 0 Å². The minimum Gasteiger partial charge on any atom is -0.494 e. The second-order valence-electron chi connectivity index (χ2n) is 5.09. The molecule has 0 saturated heterocycles. The Morgan fingerprint density at radius 3 is 2.57 bits per heavy atom. The molecule has 1 aromatic rings. The van der Waals surface area contributed by atoms with E-state index in [1.165, 1.54) is 26.2 Å². The molecule has 0 radical (unpaired) electrons. The summed E-state index contributed by atoms with van der Waals surface area (Å²) in [5.41, 5.74) is -1.18. The highest BCUT2D eigenvalue weighted by atomic mass is 19.1. The van der Waals surface area contributed by atoms with E-state index in [-0.39, 0.29) is 12.4 Å². The zero-order chi connectivity index (χ0) is 16.0. The summed E-state index contributed by atoms with van der Waals surface area (Å²) in [7, 11) is 1.37. The van der Waals surface area contributed by atoms with Gasteiger partial charge in [0.15, 0.2) is 11.6 Å². The quantitative estimate of drug-likeness (QED) is 0.786. The first-order chi connectivity index (χ1) is 9.88. The van der Waals surface area contributed by atoms with E-state index in [9.17, 15) is 14.3 Å². The van der Waals surface area contributed by atoms with Gasteiger partial charge in [0.1, 0.15) is 5.60 Å². The summed E-state index contributed by atoms with van der Waals surface area (Å²) in [6.07, 6.45) is 1.16. The zero-order valence-corrected chi connectivity index (χ0v) is 13.0. The minimum absolute atomic E-state index is 0.0951. The number of rotatable bonds is 7. The van der Waals surface area contributed by atoms with Gasteiger partial charge in [0, 0.05) is 0 Å². The first kappa shape index (κ1) is 17.4. The van der Waals surface area contributed by atoms with Crippen LogP contribution in [0.2, 0.25) is 0 Å². The van der Waals surface area contributed by atoms with Crippen molar-refractivity contribution in [1.82, 2.24) is 0 Å². The van der Waals surface area contributed by atoms with E-state index in [2.05, 4.69) is 0 Å². The van der Waals surface area contributed by atoms with Crippen LogP contribution in [0.1, 0.15) is 39.2 Å². The highest BCUT2D eigenvalue weighted by molar-refractivity contribution is 5.74. The molecule has 2 atom stereocenters. The largest absolute Gasteiger partial charge is 0.494 e. The van der Waals surface area contributed by atoms with E-state index in [0.717, 1.165) is 0 Å². The van der Waals surface area contributed by atoms with E-state index < -0.39 is 23.3 Å². The predicted molar refractivity (Wildman–Crippen MR) is 77.6 cm³/mol. The number of halogens is 1. The van der Waals surface area contributed by atoms with Gasteiger partial charge in [-0.2, -0.15) is 0 Å². The summed E-state index contributed by atoms with van der Waals surface area (Å²) < 4.78 is 23.7. The fourth-order valence-corrected chi connectivity index (χ4v) is 2.34. The van der Waals surface area contributed by atoms with Gasteiger partial charge in [-0.3, -0.25) is 4.79 Å². The number of hydrogen-bond donors (Lipinski definition) is 1. The molecule has 4 nitrogen and oxygen atoms in total. The number of hydrogen-bond acceptors (Lipinski definition) is 4. The lowest BCUT2D eigenvalue weighted by atomic mass is 9.80. The van der Waals surface area contributed by atoms with Crippen molar-refractivity contribution in [3.63, 3.8) is 0 Å². The molecule has 1 rings (SSSR count). The Hall–Kier alpha value is -1.62. The van der Waals surface area contributed by atoms with Crippen LogP contribution in [-0.4, -0.2) is 24.8 Å². The van der Waals surface area contributed by atoms with Gasteiger partial charge in [0.2, 0.25) is 0 Å². The van der Waals surface area contributed by atoms with E-state index in [1.807, 2.05) is 6.92 Å². The fourth-order valence-electron chi connectivity index (χ4n) is 2.34. The van der Waals surface area contributed by atoms with Crippen LogP contribution in [-0.2, 0) is 15.1 Å². The minimum atomic E-state index is -1.50. The highest BCUT2D eigenvalue weighted by Gasteiger charge is 2.39. The van der Waals surface area contributed by atoms with Crippen LogP contribution in [0.25, 0.3) is 0 Å². The van der Waals surface area contributed by atoms with Crippen LogP contribution >= 0.6 is 0 Å². The molecule has 0 spiro atoms. The molecule has 0 bridgehead atoms. The predicted octanol–water partition coefficient (Wildman–Crippen LogP) is 3.02. The third-order valence-electron chi connectivity index (χ3n) is 3.56. The van der Waals surface area contributed by atoms with Crippen molar-refractivity contribution in [2.24, 2.45) is 5.92 Å². The standard InChI is InChI=1S/C16H23FO4/c1-5-7-12(15(18)21-6-2)16(3,19)11-8-9-14(20-4)13(17)10-11/h8-10,12,19H,5-7H2,1-4H3. The summed E-state index contributed by atoms with van der Waals surface area (Å²) >= 11 is 0. The smallest absolute Gasteiger partial charge is 0.312 e. The van der Waals surface area contributed by atoms with Crippen LogP contribution in [0.3, 0.4) is 0 Å². The summed E-state index contributed by atoms with van der Waals surface area (Å²) in [4.78, 5) is 12.1. The Labute approximate surface area is 124 Å². The van der Waals surface area contributed by atoms with Crippen LogP contribution in [0.15, 0.2) is 18.2 Å². The van der Waals surface area contributed by atoms with Gasteiger partial charge in [-0.05, 0) is 38.0 Å². The van der Waals surface area contributed by atoms with Gasteiger partial charge in [0.05, 0.1) is 19.6 Å².